The molecule has 0 bridgehead atoms. The molecule has 3 nitrogen and oxygen atoms in total. The topological polar surface area (TPSA) is 49.5 Å². The summed E-state index contributed by atoms with van der Waals surface area (Å²) < 4.78 is 0. The lowest BCUT2D eigenvalue weighted by Crippen LogP contribution is -2.27. The smallest absolute Gasteiger partial charge is 0.115 e. The normalized spacial score (nSPS) is 28.1. The molecule has 0 aliphatic carbocycles. The fraction of sp³-hybridized carbons (Fsp3) is 0.455. The van der Waals surface area contributed by atoms with Gasteiger partial charge in [-0.15, -0.1) is 0 Å². The van der Waals surface area contributed by atoms with Crippen molar-refractivity contribution in [3.8, 4) is 5.75 Å². The minimum absolute atomic E-state index is 0.182. The van der Waals surface area contributed by atoms with Gasteiger partial charge in [0.2, 0.25) is 0 Å². The van der Waals surface area contributed by atoms with E-state index in [4.69, 9.17) is 5.73 Å². The first kappa shape index (κ1) is 9.49. The van der Waals surface area contributed by atoms with E-state index in [-0.39, 0.29) is 6.04 Å². The average Bonchev–Trinajstić information content (AvgIpc) is 2.45. The summed E-state index contributed by atoms with van der Waals surface area (Å²) >= 11 is 0. The van der Waals surface area contributed by atoms with Gasteiger partial charge in [0.15, 0.2) is 0 Å². The number of hydrogen-bond acceptors (Lipinski definition) is 3. The number of phenols is 1. The van der Waals surface area contributed by atoms with Crippen LogP contribution in [0, 0.1) is 0 Å². The Balaban J connectivity index is 2.23. The van der Waals surface area contributed by atoms with Gasteiger partial charge < -0.3 is 15.7 Å². The Morgan fingerprint density at radius 1 is 1.43 bits per heavy atom. The largest absolute Gasteiger partial charge is 0.508 e. The predicted octanol–water partition coefficient (Wildman–Crippen LogP) is 0.748. The van der Waals surface area contributed by atoms with Gasteiger partial charge in [0, 0.05) is 25.0 Å². The Morgan fingerprint density at radius 2 is 2.21 bits per heavy atom. The number of likely N-dealkylation sites (N-methyl/N-ethyl adjacent to an activating group) is 1. The van der Waals surface area contributed by atoms with Crippen molar-refractivity contribution >= 4 is 0 Å². The maximum Gasteiger partial charge on any atom is 0.115 e. The molecule has 0 amide bonds. The van der Waals surface area contributed by atoms with E-state index >= 15 is 0 Å². The highest BCUT2D eigenvalue weighted by molar-refractivity contribution is 5.31. The highest BCUT2D eigenvalue weighted by Gasteiger charge is 2.28. The average molecular weight is 192 g/mol. The molecule has 1 aliphatic rings. The summed E-state index contributed by atoms with van der Waals surface area (Å²) in [5.41, 5.74) is 7.17. The zero-order chi connectivity index (χ0) is 10.1. The van der Waals surface area contributed by atoms with E-state index in [1.807, 2.05) is 18.2 Å². The van der Waals surface area contributed by atoms with E-state index in [2.05, 4.69) is 11.9 Å². The van der Waals surface area contributed by atoms with Crippen LogP contribution < -0.4 is 5.73 Å². The molecule has 1 saturated heterocycles. The molecule has 1 aliphatic heterocycles. The first-order chi connectivity index (χ1) is 6.66. The minimum atomic E-state index is 0.182. The quantitative estimate of drug-likeness (QED) is 0.690. The summed E-state index contributed by atoms with van der Waals surface area (Å²) in [7, 11) is 2.07. The second kappa shape index (κ2) is 3.59. The van der Waals surface area contributed by atoms with Gasteiger partial charge in [0.05, 0.1) is 0 Å². The molecule has 0 saturated carbocycles. The molecule has 1 aromatic carbocycles. The van der Waals surface area contributed by atoms with E-state index in [9.17, 15) is 5.11 Å². The number of phenolic OH excluding ortho intramolecular Hbond substituents is 1. The fourth-order valence-corrected chi connectivity index (χ4v) is 2.14. The first-order valence-corrected chi connectivity index (χ1v) is 4.90. The third-order valence-corrected chi connectivity index (χ3v) is 2.85. The number of aromatic hydroxyl groups is 1. The van der Waals surface area contributed by atoms with Crippen LogP contribution >= 0.6 is 0 Å². The van der Waals surface area contributed by atoms with Crippen molar-refractivity contribution in [2.75, 3.05) is 20.1 Å². The third-order valence-electron chi connectivity index (χ3n) is 2.85. The van der Waals surface area contributed by atoms with Crippen LogP contribution in [-0.2, 0) is 0 Å². The molecule has 1 aromatic rings. The second-order valence-electron chi connectivity index (χ2n) is 4.09. The molecule has 3 N–H and O–H groups in total. The maximum atomic E-state index is 9.37. The van der Waals surface area contributed by atoms with Crippen molar-refractivity contribution in [1.82, 2.24) is 4.90 Å². The summed E-state index contributed by atoms with van der Waals surface area (Å²) in [6, 6.07) is 7.58. The van der Waals surface area contributed by atoms with Crippen LogP contribution in [-0.4, -0.2) is 36.2 Å². The lowest BCUT2D eigenvalue weighted by molar-refractivity contribution is 0.407. The monoisotopic (exact) mass is 192 g/mol. The number of rotatable bonds is 1. The highest BCUT2D eigenvalue weighted by atomic mass is 16.3. The van der Waals surface area contributed by atoms with Gasteiger partial charge in [-0.3, -0.25) is 0 Å². The molecule has 2 atom stereocenters. The molecule has 14 heavy (non-hydrogen) atoms. The Hall–Kier alpha value is -1.06. The molecular formula is C11H16N2O. The molecule has 0 spiro atoms. The van der Waals surface area contributed by atoms with Crippen molar-refractivity contribution in [2.24, 2.45) is 5.73 Å². The highest BCUT2D eigenvalue weighted by Crippen LogP contribution is 2.27. The van der Waals surface area contributed by atoms with E-state index in [0.717, 1.165) is 18.7 Å². The van der Waals surface area contributed by atoms with Crippen molar-refractivity contribution in [2.45, 2.75) is 12.0 Å². The van der Waals surface area contributed by atoms with Crippen molar-refractivity contribution in [3.05, 3.63) is 29.8 Å². The zero-order valence-corrected chi connectivity index (χ0v) is 8.35. The van der Waals surface area contributed by atoms with Gasteiger partial charge >= 0.3 is 0 Å². The zero-order valence-electron chi connectivity index (χ0n) is 8.35. The van der Waals surface area contributed by atoms with Gasteiger partial charge in [-0.1, -0.05) is 12.1 Å². The molecule has 2 rings (SSSR count). The first-order valence-electron chi connectivity index (χ1n) is 4.90. The van der Waals surface area contributed by atoms with Gasteiger partial charge in [0.25, 0.3) is 0 Å². The van der Waals surface area contributed by atoms with Gasteiger partial charge in [-0.05, 0) is 24.7 Å². The van der Waals surface area contributed by atoms with Gasteiger partial charge in [0.1, 0.15) is 5.75 Å². The molecule has 76 valence electrons. The molecule has 0 aromatic heterocycles. The summed E-state index contributed by atoms with van der Waals surface area (Å²) in [5.74, 6) is 0.677. The van der Waals surface area contributed by atoms with Crippen LogP contribution in [0.5, 0.6) is 5.75 Å². The Bertz CT molecular complexity index is 327. The standard InChI is InChI=1S/C11H16N2O/c1-13-6-10(11(12)7-13)8-3-2-4-9(14)5-8/h2-5,10-11,14H,6-7,12H2,1H3. The van der Waals surface area contributed by atoms with Crippen molar-refractivity contribution in [3.63, 3.8) is 0 Å². The summed E-state index contributed by atoms with van der Waals surface area (Å²) in [4.78, 5) is 2.22. The number of nitrogens with two attached hydrogens (primary N) is 1. The summed E-state index contributed by atoms with van der Waals surface area (Å²) in [6.07, 6.45) is 0. The van der Waals surface area contributed by atoms with Crippen LogP contribution in [0.2, 0.25) is 0 Å². The summed E-state index contributed by atoms with van der Waals surface area (Å²) in [5, 5.41) is 9.37. The van der Waals surface area contributed by atoms with Crippen LogP contribution in [0.1, 0.15) is 11.5 Å². The fourth-order valence-electron chi connectivity index (χ4n) is 2.14. The van der Waals surface area contributed by atoms with E-state index < -0.39 is 0 Å². The van der Waals surface area contributed by atoms with Gasteiger partial charge in [-0.25, -0.2) is 0 Å². The predicted molar refractivity (Wildman–Crippen MR) is 56.3 cm³/mol. The lowest BCUT2D eigenvalue weighted by atomic mass is 9.95. The molecule has 0 radical (unpaired) electrons. The SMILES string of the molecule is CN1CC(N)C(c2cccc(O)c2)C1. The molecule has 2 unspecified atom stereocenters. The van der Waals surface area contributed by atoms with Crippen LogP contribution in [0.25, 0.3) is 0 Å². The molecule has 3 heteroatoms. The van der Waals surface area contributed by atoms with Crippen LogP contribution in [0.3, 0.4) is 0 Å². The lowest BCUT2D eigenvalue weighted by Gasteiger charge is -2.14. The number of likely N-dealkylation sites (tertiary alicyclic amines) is 1. The number of hydrogen-bond donors (Lipinski definition) is 2. The molecule has 1 heterocycles. The Labute approximate surface area is 84.1 Å². The van der Waals surface area contributed by atoms with E-state index in [0.29, 0.717) is 11.7 Å². The third kappa shape index (κ3) is 1.74. The van der Waals surface area contributed by atoms with Gasteiger partial charge in [-0.2, -0.15) is 0 Å². The Morgan fingerprint density at radius 3 is 2.79 bits per heavy atom. The second-order valence-corrected chi connectivity index (χ2v) is 4.09. The molecular weight excluding hydrogens is 176 g/mol. The number of nitrogens with zero attached hydrogens (tertiary/aromatic N) is 1. The van der Waals surface area contributed by atoms with Crippen molar-refractivity contribution < 1.29 is 5.11 Å². The van der Waals surface area contributed by atoms with Crippen LogP contribution in [0.15, 0.2) is 24.3 Å². The Kier molecular flexibility index (Phi) is 2.44. The van der Waals surface area contributed by atoms with E-state index in [1.165, 1.54) is 0 Å². The maximum absolute atomic E-state index is 9.37. The number of benzene rings is 1. The minimum Gasteiger partial charge on any atom is -0.508 e. The van der Waals surface area contributed by atoms with Crippen molar-refractivity contribution in [1.29, 1.82) is 0 Å². The molecule has 1 fully saturated rings. The van der Waals surface area contributed by atoms with E-state index in [1.54, 1.807) is 6.07 Å². The summed E-state index contributed by atoms with van der Waals surface area (Å²) in [6.45, 7) is 1.91. The van der Waals surface area contributed by atoms with Crippen LogP contribution in [0.4, 0.5) is 0 Å².